The molecule has 2 rings (SSSR count). The van der Waals surface area contributed by atoms with Gasteiger partial charge in [0.2, 0.25) is 0 Å². The molecule has 1 unspecified atom stereocenters. The van der Waals surface area contributed by atoms with Crippen molar-refractivity contribution < 1.29 is 13.9 Å². The minimum absolute atomic E-state index is 0.0264. The standard InChI is InChI=1S/C16H15BrFNO2/c1-10(11-3-6-13(21-2)7-4-11)19-16(20)14-8-5-12(17)9-15(14)18/h3-10H,1-2H3,(H,19,20). The number of carbonyl (C=O) groups is 1. The lowest BCUT2D eigenvalue weighted by molar-refractivity contribution is 0.0936. The van der Waals surface area contributed by atoms with Gasteiger partial charge in [0, 0.05) is 4.47 Å². The molecule has 1 atom stereocenters. The van der Waals surface area contributed by atoms with Gasteiger partial charge in [0.25, 0.3) is 5.91 Å². The highest BCUT2D eigenvalue weighted by atomic mass is 79.9. The topological polar surface area (TPSA) is 38.3 Å². The van der Waals surface area contributed by atoms with Crippen molar-refractivity contribution in [1.82, 2.24) is 5.32 Å². The molecule has 5 heteroatoms. The number of amides is 1. The number of carbonyl (C=O) groups excluding carboxylic acids is 1. The maximum atomic E-state index is 13.7. The Hall–Kier alpha value is -1.88. The van der Waals surface area contributed by atoms with Crippen LogP contribution >= 0.6 is 15.9 Å². The molecular formula is C16H15BrFNO2. The van der Waals surface area contributed by atoms with Crippen molar-refractivity contribution in [2.75, 3.05) is 7.11 Å². The zero-order valence-electron chi connectivity index (χ0n) is 11.7. The summed E-state index contributed by atoms with van der Waals surface area (Å²) in [5, 5.41) is 2.78. The Kier molecular flexibility index (Phi) is 4.96. The summed E-state index contributed by atoms with van der Waals surface area (Å²) in [6.07, 6.45) is 0. The normalized spacial score (nSPS) is 11.8. The number of ether oxygens (including phenoxy) is 1. The Labute approximate surface area is 131 Å². The second-order valence-electron chi connectivity index (χ2n) is 4.59. The molecule has 0 saturated carbocycles. The minimum Gasteiger partial charge on any atom is -0.497 e. The lowest BCUT2D eigenvalue weighted by Gasteiger charge is -2.15. The van der Waals surface area contributed by atoms with E-state index in [1.165, 1.54) is 12.1 Å². The molecule has 0 aliphatic rings. The summed E-state index contributed by atoms with van der Waals surface area (Å²) in [7, 11) is 1.59. The predicted octanol–water partition coefficient (Wildman–Crippen LogP) is 4.09. The van der Waals surface area contributed by atoms with E-state index in [2.05, 4.69) is 21.2 Å². The lowest BCUT2D eigenvalue weighted by atomic mass is 10.1. The molecule has 0 heterocycles. The van der Waals surface area contributed by atoms with Crippen molar-refractivity contribution in [2.45, 2.75) is 13.0 Å². The van der Waals surface area contributed by atoms with Gasteiger partial charge in [-0.05, 0) is 42.8 Å². The highest BCUT2D eigenvalue weighted by Crippen LogP contribution is 2.19. The van der Waals surface area contributed by atoms with Gasteiger partial charge >= 0.3 is 0 Å². The minimum atomic E-state index is -0.552. The summed E-state index contributed by atoms with van der Waals surface area (Å²) in [5.74, 6) is -0.247. The number of hydrogen-bond donors (Lipinski definition) is 1. The van der Waals surface area contributed by atoms with Crippen molar-refractivity contribution in [3.05, 3.63) is 63.9 Å². The van der Waals surface area contributed by atoms with Gasteiger partial charge in [-0.15, -0.1) is 0 Å². The van der Waals surface area contributed by atoms with Crippen LogP contribution in [0, 0.1) is 5.82 Å². The Bertz CT molecular complexity index is 643. The number of methoxy groups -OCH3 is 1. The second kappa shape index (κ2) is 6.72. The molecule has 1 amide bonds. The molecule has 1 N–H and O–H groups in total. The second-order valence-corrected chi connectivity index (χ2v) is 5.51. The number of benzene rings is 2. The fraction of sp³-hybridized carbons (Fsp3) is 0.188. The van der Waals surface area contributed by atoms with E-state index >= 15 is 0 Å². The third-order valence-corrected chi connectivity index (χ3v) is 3.63. The Morgan fingerprint density at radius 2 is 1.90 bits per heavy atom. The Morgan fingerprint density at radius 3 is 2.48 bits per heavy atom. The van der Waals surface area contributed by atoms with Crippen LogP contribution in [0.5, 0.6) is 5.75 Å². The van der Waals surface area contributed by atoms with Gasteiger partial charge in [0.15, 0.2) is 0 Å². The molecule has 2 aromatic carbocycles. The first kappa shape index (κ1) is 15.5. The molecule has 0 spiro atoms. The van der Waals surface area contributed by atoms with Crippen LogP contribution in [0.4, 0.5) is 4.39 Å². The number of hydrogen-bond acceptors (Lipinski definition) is 2. The average molecular weight is 352 g/mol. The molecule has 21 heavy (non-hydrogen) atoms. The average Bonchev–Trinajstić information content (AvgIpc) is 2.47. The van der Waals surface area contributed by atoms with Crippen LogP contribution in [-0.4, -0.2) is 13.0 Å². The fourth-order valence-corrected chi connectivity index (χ4v) is 2.26. The van der Waals surface area contributed by atoms with Crippen LogP contribution in [-0.2, 0) is 0 Å². The molecule has 110 valence electrons. The molecule has 3 nitrogen and oxygen atoms in total. The highest BCUT2D eigenvalue weighted by molar-refractivity contribution is 9.10. The van der Waals surface area contributed by atoms with Crippen molar-refractivity contribution in [2.24, 2.45) is 0 Å². The van der Waals surface area contributed by atoms with Crippen LogP contribution in [0.1, 0.15) is 28.9 Å². The van der Waals surface area contributed by atoms with Gasteiger partial charge in [-0.25, -0.2) is 4.39 Å². The van der Waals surface area contributed by atoms with Gasteiger partial charge < -0.3 is 10.1 Å². The summed E-state index contributed by atoms with van der Waals surface area (Å²) < 4.78 is 19.4. The van der Waals surface area contributed by atoms with Crippen molar-refractivity contribution in [3.8, 4) is 5.75 Å². The quantitative estimate of drug-likeness (QED) is 0.900. The Morgan fingerprint density at radius 1 is 1.24 bits per heavy atom. The molecule has 0 aromatic heterocycles. The third kappa shape index (κ3) is 3.82. The highest BCUT2D eigenvalue weighted by Gasteiger charge is 2.15. The fourth-order valence-electron chi connectivity index (χ4n) is 1.92. The van der Waals surface area contributed by atoms with Crippen LogP contribution in [0.15, 0.2) is 46.9 Å². The predicted molar refractivity (Wildman–Crippen MR) is 83.0 cm³/mol. The van der Waals surface area contributed by atoms with Gasteiger partial charge in [-0.1, -0.05) is 28.1 Å². The summed E-state index contributed by atoms with van der Waals surface area (Å²) >= 11 is 3.16. The van der Waals surface area contributed by atoms with Gasteiger partial charge in [0.1, 0.15) is 11.6 Å². The summed E-state index contributed by atoms with van der Waals surface area (Å²) in [5.41, 5.74) is 0.945. The molecular weight excluding hydrogens is 337 g/mol. The molecule has 0 saturated heterocycles. The molecule has 0 radical (unpaired) electrons. The Balaban J connectivity index is 2.10. The van der Waals surface area contributed by atoms with E-state index in [0.29, 0.717) is 4.47 Å². The lowest BCUT2D eigenvalue weighted by Crippen LogP contribution is -2.27. The molecule has 0 aliphatic carbocycles. The van der Waals surface area contributed by atoms with Gasteiger partial charge in [0.05, 0.1) is 18.7 Å². The molecule has 2 aromatic rings. The van der Waals surface area contributed by atoms with Crippen LogP contribution in [0.3, 0.4) is 0 Å². The van der Waals surface area contributed by atoms with Crippen LogP contribution in [0.2, 0.25) is 0 Å². The maximum absolute atomic E-state index is 13.7. The van der Waals surface area contributed by atoms with Gasteiger partial charge in [-0.2, -0.15) is 0 Å². The SMILES string of the molecule is COc1ccc(C(C)NC(=O)c2ccc(Br)cc2F)cc1. The first-order valence-corrected chi connectivity index (χ1v) is 7.20. The zero-order valence-corrected chi connectivity index (χ0v) is 13.3. The third-order valence-electron chi connectivity index (χ3n) is 3.14. The molecule has 0 aliphatic heterocycles. The van der Waals surface area contributed by atoms with Gasteiger partial charge in [-0.3, -0.25) is 4.79 Å². The van der Waals surface area contributed by atoms with E-state index in [-0.39, 0.29) is 11.6 Å². The number of halogens is 2. The number of rotatable bonds is 4. The first-order valence-electron chi connectivity index (χ1n) is 6.41. The smallest absolute Gasteiger partial charge is 0.254 e. The first-order chi connectivity index (χ1) is 10.0. The summed E-state index contributed by atoms with van der Waals surface area (Å²) in [6.45, 7) is 1.84. The molecule has 0 bridgehead atoms. The van der Waals surface area contributed by atoms with E-state index in [1.54, 1.807) is 13.2 Å². The maximum Gasteiger partial charge on any atom is 0.254 e. The number of nitrogens with one attached hydrogen (secondary N) is 1. The monoisotopic (exact) mass is 351 g/mol. The van der Waals surface area contributed by atoms with Crippen molar-refractivity contribution in [3.63, 3.8) is 0 Å². The van der Waals surface area contributed by atoms with E-state index in [1.807, 2.05) is 31.2 Å². The molecule has 0 fully saturated rings. The van der Waals surface area contributed by atoms with E-state index < -0.39 is 11.7 Å². The largest absolute Gasteiger partial charge is 0.497 e. The van der Waals surface area contributed by atoms with Crippen LogP contribution < -0.4 is 10.1 Å². The summed E-state index contributed by atoms with van der Waals surface area (Å²) in [4.78, 5) is 12.1. The zero-order chi connectivity index (χ0) is 15.4. The van der Waals surface area contributed by atoms with E-state index in [9.17, 15) is 9.18 Å². The van der Waals surface area contributed by atoms with E-state index in [0.717, 1.165) is 11.3 Å². The van der Waals surface area contributed by atoms with Crippen molar-refractivity contribution >= 4 is 21.8 Å². The van der Waals surface area contributed by atoms with Crippen LogP contribution in [0.25, 0.3) is 0 Å². The van der Waals surface area contributed by atoms with E-state index in [4.69, 9.17) is 4.74 Å². The van der Waals surface area contributed by atoms with Crippen molar-refractivity contribution in [1.29, 1.82) is 0 Å². The summed E-state index contributed by atoms with van der Waals surface area (Å²) in [6, 6.07) is 11.5.